The number of hydrogen-bond donors (Lipinski definition) is 1. The Balaban J connectivity index is 1.55. The molecule has 134 valence electrons. The van der Waals surface area contributed by atoms with E-state index in [4.69, 9.17) is 14.6 Å². The highest BCUT2D eigenvalue weighted by Crippen LogP contribution is 2.43. The fraction of sp³-hybridized carbons (Fsp3) is 0.556. The summed E-state index contributed by atoms with van der Waals surface area (Å²) in [6.45, 7) is 2.59. The number of fused-ring (bicyclic) bond motifs is 1. The summed E-state index contributed by atoms with van der Waals surface area (Å²) < 4.78 is 11.2. The lowest BCUT2D eigenvalue weighted by Gasteiger charge is -2.45. The summed E-state index contributed by atoms with van der Waals surface area (Å²) in [6, 6.07) is 5.63. The van der Waals surface area contributed by atoms with Gasteiger partial charge in [-0.15, -0.1) is 0 Å². The van der Waals surface area contributed by atoms with E-state index in [0.29, 0.717) is 57.2 Å². The van der Waals surface area contributed by atoms with E-state index in [2.05, 4.69) is 0 Å². The second kappa shape index (κ2) is 6.13. The predicted octanol–water partition coefficient (Wildman–Crippen LogP) is 2.34. The molecule has 7 heteroatoms. The van der Waals surface area contributed by atoms with Crippen molar-refractivity contribution < 1.29 is 24.2 Å². The maximum absolute atomic E-state index is 13.2. The minimum Gasteiger partial charge on any atom is -0.486 e. The number of carbonyl (C=O) groups is 2. The average Bonchev–Trinajstić information content (AvgIpc) is 2.64. The monoisotopic (exact) mass is 346 g/mol. The predicted molar refractivity (Wildman–Crippen MR) is 90.3 cm³/mol. The molecule has 1 aromatic rings. The van der Waals surface area contributed by atoms with Gasteiger partial charge >= 0.3 is 6.09 Å². The molecule has 1 N–H and O–H groups in total. The Hall–Kier alpha value is -2.44. The SMILES string of the molecule is O=C(O)N1CCC2(CCCN(c3ccc4c(c3)OCCO4)C2=O)CC1. The molecule has 0 saturated carbocycles. The van der Waals surface area contributed by atoms with Crippen molar-refractivity contribution in [1.29, 1.82) is 0 Å². The van der Waals surface area contributed by atoms with Crippen molar-refractivity contribution in [2.75, 3.05) is 37.7 Å². The summed E-state index contributed by atoms with van der Waals surface area (Å²) in [5.74, 6) is 1.50. The Morgan fingerprint density at radius 3 is 2.48 bits per heavy atom. The number of rotatable bonds is 1. The maximum atomic E-state index is 13.2. The molecule has 3 aliphatic rings. The molecule has 2 amide bonds. The van der Waals surface area contributed by atoms with E-state index < -0.39 is 11.5 Å². The van der Waals surface area contributed by atoms with E-state index in [-0.39, 0.29) is 5.91 Å². The molecule has 4 rings (SSSR count). The Bertz CT molecular complexity index is 697. The molecule has 0 radical (unpaired) electrons. The van der Waals surface area contributed by atoms with Gasteiger partial charge in [-0.3, -0.25) is 4.79 Å². The third-order valence-corrected chi connectivity index (χ3v) is 5.56. The van der Waals surface area contributed by atoms with Gasteiger partial charge < -0.3 is 24.4 Å². The van der Waals surface area contributed by atoms with Crippen molar-refractivity contribution >= 4 is 17.7 Å². The van der Waals surface area contributed by atoms with Crippen LogP contribution in [0.5, 0.6) is 11.5 Å². The zero-order valence-electron chi connectivity index (χ0n) is 14.1. The highest BCUT2D eigenvalue weighted by Gasteiger charge is 2.46. The number of amides is 2. The number of benzene rings is 1. The first kappa shape index (κ1) is 16.1. The number of piperidine rings is 2. The Morgan fingerprint density at radius 1 is 1.04 bits per heavy atom. The minimum atomic E-state index is -0.901. The van der Waals surface area contributed by atoms with Gasteiger partial charge in [-0.25, -0.2) is 4.79 Å². The molecule has 0 aromatic heterocycles. The fourth-order valence-corrected chi connectivity index (χ4v) is 4.11. The molecule has 7 nitrogen and oxygen atoms in total. The van der Waals surface area contributed by atoms with Gasteiger partial charge in [0.2, 0.25) is 5.91 Å². The van der Waals surface area contributed by atoms with Gasteiger partial charge in [0.1, 0.15) is 13.2 Å². The van der Waals surface area contributed by atoms with Crippen molar-refractivity contribution in [3.8, 4) is 11.5 Å². The zero-order valence-corrected chi connectivity index (χ0v) is 14.1. The first-order valence-corrected chi connectivity index (χ1v) is 8.79. The second-order valence-corrected chi connectivity index (χ2v) is 6.94. The molecule has 0 bridgehead atoms. The molecule has 1 aromatic carbocycles. The highest BCUT2D eigenvalue weighted by molar-refractivity contribution is 5.98. The lowest BCUT2D eigenvalue weighted by Crippen LogP contribution is -2.54. The Morgan fingerprint density at radius 2 is 1.76 bits per heavy atom. The number of ether oxygens (including phenoxy) is 2. The number of carbonyl (C=O) groups excluding carboxylic acids is 1. The van der Waals surface area contributed by atoms with E-state index in [1.807, 2.05) is 23.1 Å². The first-order chi connectivity index (χ1) is 12.1. The summed E-state index contributed by atoms with van der Waals surface area (Å²) in [5.41, 5.74) is 0.395. The first-order valence-electron chi connectivity index (χ1n) is 8.79. The number of nitrogens with zero attached hydrogens (tertiary/aromatic N) is 2. The van der Waals surface area contributed by atoms with Crippen LogP contribution in [-0.4, -0.2) is 54.9 Å². The molecule has 0 atom stereocenters. The maximum Gasteiger partial charge on any atom is 0.407 e. The van der Waals surface area contributed by atoms with Gasteiger partial charge in [0, 0.05) is 31.4 Å². The smallest absolute Gasteiger partial charge is 0.407 e. The molecule has 1 spiro atoms. The zero-order chi connectivity index (χ0) is 17.4. The van der Waals surface area contributed by atoms with E-state index >= 15 is 0 Å². The second-order valence-electron chi connectivity index (χ2n) is 6.94. The van der Waals surface area contributed by atoms with Crippen LogP contribution in [0.4, 0.5) is 10.5 Å². The fourth-order valence-electron chi connectivity index (χ4n) is 4.11. The van der Waals surface area contributed by atoms with Gasteiger partial charge in [-0.2, -0.15) is 0 Å². The summed E-state index contributed by atoms with van der Waals surface area (Å²) >= 11 is 0. The van der Waals surface area contributed by atoms with Crippen LogP contribution in [0, 0.1) is 5.41 Å². The Labute approximate surface area is 146 Å². The molecule has 0 unspecified atom stereocenters. The van der Waals surface area contributed by atoms with E-state index in [1.54, 1.807) is 0 Å². The molecular formula is C18H22N2O5. The molecule has 3 aliphatic heterocycles. The topological polar surface area (TPSA) is 79.3 Å². The summed E-state index contributed by atoms with van der Waals surface area (Å²) in [6.07, 6.45) is 2.05. The van der Waals surface area contributed by atoms with Crippen LogP contribution in [-0.2, 0) is 4.79 Å². The largest absolute Gasteiger partial charge is 0.486 e. The summed E-state index contributed by atoms with van der Waals surface area (Å²) in [7, 11) is 0. The van der Waals surface area contributed by atoms with Crippen molar-refractivity contribution in [3.05, 3.63) is 18.2 Å². The lowest BCUT2D eigenvalue weighted by molar-refractivity contribution is -0.133. The van der Waals surface area contributed by atoms with Gasteiger partial charge in [-0.1, -0.05) is 0 Å². The molecule has 0 aliphatic carbocycles. The highest BCUT2D eigenvalue weighted by atomic mass is 16.6. The number of hydrogen-bond acceptors (Lipinski definition) is 4. The normalized spacial score (nSPS) is 22.2. The quantitative estimate of drug-likeness (QED) is 0.844. The van der Waals surface area contributed by atoms with Crippen LogP contribution in [0.2, 0.25) is 0 Å². The number of anilines is 1. The lowest BCUT2D eigenvalue weighted by atomic mass is 9.71. The van der Waals surface area contributed by atoms with Crippen LogP contribution < -0.4 is 14.4 Å². The van der Waals surface area contributed by atoms with Crippen molar-refractivity contribution in [2.24, 2.45) is 5.41 Å². The average molecular weight is 346 g/mol. The number of carboxylic acid groups (broad SMARTS) is 1. The van der Waals surface area contributed by atoms with Crippen molar-refractivity contribution in [1.82, 2.24) is 4.90 Å². The van der Waals surface area contributed by atoms with E-state index in [9.17, 15) is 9.59 Å². The van der Waals surface area contributed by atoms with Gasteiger partial charge in [0.25, 0.3) is 0 Å². The molecular weight excluding hydrogens is 324 g/mol. The Kier molecular flexibility index (Phi) is 3.94. The summed E-state index contributed by atoms with van der Waals surface area (Å²) in [4.78, 5) is 27.6. The third kappa shape index (κ3) is 2.77. The molecule has 2 fully saturated rings. The molecule has 25 heavy (non-hydrogen) atoms. The van der Waals surface area contributed by atoms with Crippen LogP contribution >= 0.6 is 0 Å². The standard InChI is InChI=1S/C18H22N2O5/c21-16-18(5-8-19(9-6-18)17(22)23)4-1-7-20(16)13-2-3-14-15(12-13)25-11-10-24-14/h2-3,12H,1,4-11H2,(H,22,23). The van der Waals surface area contributed by atoms with Crippen LogP contribution in [0.1, 0.15) is 25.7 Å². The van der Waals surface area contributed by atoms with Gasteiger partial charge in [0.15, 0.2) is 11.5 Å². The van der Waals surface area contributed by atoms with Crippen LogP contribution in [0.25, 0.3) is 0 Å². The summed E-state index contributed by atoms with van der Waals surface area (Å²) in [5, 5.41) is 9.14. The molecule has 2 saturated heterocycles. The van der Waals surface area contributed by atoms with Crippen molar-refractivity contribution in [3.63, 3.8) is 0 Å². The van der Waals surface area contributed by atoms with Crippen LogP contribution in [0.15, 0.2) is 18.2 Å². The van der Waals surface area contributed by atoms with Gasteiger partial charge in [-0.05, 0) is 37.8 Å². The van der Waals surface area contributed by atoms with Gasteiger partial charge in [0.05, 0.1) is 5.41 Å². The van der Waals surface area contributed by atoms with E-state index in [1.165, 1.54) is 4.90 Å². The van der Waals surface area contributed by atoms with E-state index in [0.717, 1.165) is 18.5 Å². The third-order valence-electron chi connectivity index (χ3n) is 5.56. The van der Waals surface area contributed by atoms with Crippen LogP contribution in [0.3, 0.4) is 0 Å². The minimum absolute atomic E-state index is 0.112. The number of likely N-dealkylation sites (tertiary alicyclic amines) is 1. The molecule has 3 heterocycles. The van der Waals surface area contributed by atoms with Crippen molar-refractivity contribution in [2.45, 2.75) is 25.7 Å².